The molecule has 0 radical (unpaired) electrons. The Kier molecular flexibility index (Phi) is 3.19. The van der Waals surface area contributed by atoms with Crippen LogP contribution in [0, 0.1) is 0 Å². The van der Waals surface area contributed by atoms with Crippen LogP contribution in [0.1, 0.15) is 19.5 Å². The van der Waals surface area contributed by atoms with Crippen LogP contribution in [0.3, 0.4) is 0 Å². The van der Waals surface area contributed by atoms with Crippen LogP contribution in [-0.4, -0.2) is 22.9 Å². The van der Waals surface area contributed by atoms with Gasteiger partial charge in [-0.1, -0.05) is 18.2 Å². The number of nitrogens with zero attached hydrogens (tertiary/aromatic N) is 2. The van der Waals surface area contributed by atoms with E-state index in [9.17, 15) is 4.79 Å². The van der Waals surface area contributed by atoms with Gasteiger partial charge in [0, 0.05) is 6.20 Å². The Bertz CT molecular complexity index is 544. The van der Waals surface area contributed by atoms with Crippen molar-refractivity contribution in [3.63, 3.8) is 0 Å². The molecule has 0 fully saturated rings. The third kappa shape index (κ3) is 2.01. The highest BCUT2D eigenvalue weighted by Crippen LogP contribution is 2.26. The summed E-state index contributed by atoms with van der Waals surface area (Å²) in [6, 6.07) is 11.5. The van der Waals surface area contributed by atoms with Crippen molar-refractivity contribution in [2.24, 2.45) is 0 Å². The van der Waals surface area contributed by atoms with Crippen molar-refractivity contribution in [3.8, 4) is 5.69 Å². The first-order chi connectivity index (χ1) is 8.57. The number of hydrogen-bond donors (Lipinski definition) is 0. The average molecular weight is 244 g/mol. The van der Waals surface area contributed by atoms with Crippen molar-refractivity contribution in [1.29, 1.82) is 0 Å². The fraction of sp³-hybridized carbons (Fsp3) is 0.286. The minimum absolute atomic E-state index is 0.278. The third-order valence-corrected chi connectivity index (χ3v) is 2.98. The van der Waals surface area contributed by atoms with Crippen LogP contribution < -0.4 is 0 Å². The molecular formula is C14H16N2O2. The van der Waals surface area contributed by atoms with E-state index in [4.69, 9.17) is 4.74 Å². The Balaban J connectivity index is 2.49. The molecule has 94 valence electrons. The van der Waals surface area contributed by atoms with Gasteiger partial charge in [0.05, 0.1) is 18.5 Å². The van der Waals surface area contributed by atoms with Crippen LogP contribution in [0.2, 0.25) is 0 Å². The zero-order valence-electron chi connectivity index (χ0n) is 10.8. The summed E-state index contributed by atoms with van der Waals surface area (Å²) in [6.45, 7) is 3.66. The van der Waals surface area contributed by atoms with Gasteiger partial charge >= 0.3 is 5.97 Å². The maximum atomic E-state index is 11.9. The van der Waals surface area contributed by atoms with E-state index in [0.717, 1.165) is 11.4 Å². The number of hydrogen-bond acceptors (Lipinski definition) is 3. The normalized spacial score (nSPS) is 11.3. The van der Waals surface area contributed by atoms with Gasteiger partial charge in [0.2, 0.25) is 0 Å². The monoisotopic (exact) mass is 244 g/mol. The van der Waals surface area contributed by atoms with Crippen LogP contribution in [0.25, 0.3) is 5.69 Å². The smallest absolute Gasteiger partial charge is 0.317 e. The predicted octanol–water partition coefficient (Wildman–Crippen LogP) is 2.32. The van der Waals surface area contributed by atoms with Gasteiger partial charge < -0.3 is 4.74 Å². The molecule has 1 aromatic heterocycles. The number of ether oxygens (including phenoxy) is 1. The Morgan fingerprint density at radius 1 is 1.22 bits per heavy atom. The first-order valence-electron chi connectivity index (χ1n) is 5.75. The van der Waals surface area contributed by atoms with Gasteiger partial charge in [-0.2, -0.15) is 5.10 Å². The molecule has 0 saturated carbocycles. The molecule has 0 amide bonds. The summed E-state index contributed by atoms with van der Waals surface area (Å²) in [4.78, 5) is 11.9. The number of aromatic nitrogens is 2. The van der Waals surface area contributed by atoms with Crippen LogP contribution in [0.5, 0.6) is 0 Å². The largest absolute Gasteiger partial charge is 0.468 e. The van der Waals surface area contributed by atoms with E-state index in [0.29, 0.717) is 0 Å². The van der Waals surface area contributed by atoms with Crippen molar-refractivity contribution in [2.45, 2.75) is 19.3 Å². The lowest BCUT2D eigenvalue weighted by Crippen LogP contribution is -2.32. The highest BCUT2D eigenvalue weighted by Gasteiger charge is 2.34. The van der Waals surface area contributed by atoms with Crippen molar-refractivity contribution in [3.05, 3.63) is 48.3 Å². The molecule has 0 saturated heterocycles. The first-order valence-corrected chi connectivity index (χ1v) is 5.75. The molecule has 0 atom stereocenters. The van der Waals surface area contributed by atoms with Gasteiger partial charge in [-0.3, -0.25) is 4.79 Å². The summed E-state index contributed by atoms with van der Waals surface area (Å²) >= 11 is 0. The molecule has 0 bridgehead atoms. The minimum atomic E-state index is -0.735. The lowest BCUT2D eigenvalue weighted by Gasteiger charge is -2.22. The van der Waals surface area contributed by atoms with E-state index in [-0.39, 0.29) is 5.97 Å². The van der Waals surface area contributed by atoms with E-state index in [1.807, 2.05) is 50.2 Å². The summed E-state index contributed by atoms with van der Waals surface area (Å²) < 4.78 is 6.61. The van der Waals surface area contributed by atoms with Crippen molar-refractivity contribution < 1.29 is 9.53 Å². The second-order valence-electron chi connectivity index (χ2n) is 4.58. The molecule has 0 unspecified atom stereocenters. The zero-order valence-corrected chi connectivity index (χ0v) is 10.8. The molecule has 0 aliphatic rings. The number of esters is 1. The maximum absolute atomic E-state index is 11.9. The summed E-state index contributed by atoms with van der Waals surface area (Å²) in [5.41, 5.74) is 0.996. The van der Waals surface area contributed by atoms with E-state index in [1.165, 1.54) is 7.11 Å². The Morgan fingerprint density at radius 2 is 1.89 bits per heavy atom. The summed E-state index contributed by atoms with van der Waals surface area (Å²) in [7, 11) is 1.40. The lowest BCUT2D eigenvalue weighted by atomic mass is 9.89. The Hall–Kier alpha value is -2.10. The summed E-state index contributed by atoms with van der Waals surface area (Å²) in [5.74, 6) is -0.278. The van der Waals surface area contributed by atoms with E-state index in [2.05, 4.69) is 5.10 Å². The van der Waals surface area contributed by atoms with Crippen LogP contribution in [0.15, 0.2) is 42.6 Å². The Morgan fingerprint density at radius 3 is 2.50 bits per heavy atom. The second kappa shape index (κ2) is 4.64. The van der Waals surface area contributed by atoms with Gasteiger partial charge in [0.15, 0.2) is 0 Å². The number of carbonyl (C=O) groups is 1. The van der Waals surface area contributed by atoms with E-state index >= 15 is 0 Å². The topological polar surface area (TPSA) is 44.1 Å². The molecule has 18 heavy (non-hydrogen) atoms. The molecule has 0 aliphatic heterocycles. The Labute approximate surface area is 106 Å². The van der Waals surface area contributed by atoms with Gasteiger partial charge in [-0.05, 0) is 32.0 Å². The first kappa shape index (κ1) is 12.4. The SMILES string of the molecule is COC(=O)C(C)(C)c1ccnn1-c1ccccc1. The molecule has 1 aromatic carbocycles. The second-order valence-corrected chi connectivity index (χ2v) is 4.58. The van der Waals surface area contributed by atoms with Gasteiger partial charge in [-0.15, -0.1) is 0 Å². The molecule has 4 nitrogen and oxygen atoms in total. The lowest BCUT2D eigenvalue weighted by molar-refractivity contribution is -0.146. The molecular weight excluding hydrogens is 228 g/mol. The quantitative estimate of drug-likeness (QED) is 0.778. The highest BCUT2D eigenvalue weighted by atomic mass is 16.5. The third-order valence-electron chi connectivity index (χ3n) is 2.98. The van der Waals surface area contributed by atoms with Gasteiger partial charge in [0.1, 0.15) is 5.41 Å². The number of rotatable bonds is 3. The van der Waals surface area contributed by atoms with Crippen LogP contribution in [-0.2, 0) is 14.9 Å². The number of carbonyl (C=O) groups excluding carboxylic acids is 1. The summed E-state index contributed by atoms with van der Waals surface area (Å²) in [6.07, 6.45) is 1.69. The predicted molar refractivity (Wildman–Crippen MR) is 68.6 cm³/mol. The molecule has 4 heteroatoms. The minimum Gasteiger partial charge on any atom is -0.468 e. The highest BCUT2D eigenvalue weighted by molar-refractivity contribution is 5.81. The molecule has 0 aliphatic carbocycles. The van der Waals surface area contributed by atoms with Crippen LogP contribution >= 0.6 is 0 Å². The van der Waals surface area contributed by atoms with Crippen molar-refractivity contribution in [1.82, 2.24) is 9.78 Å². The summed E-state index contributed by atoms with van der Waals surface area (Å²) in [5, 5.41) is 4.28. The number of para-hydroxylation sites is 1. The molecule has 2 aromatic rings. The van der Waals surface area contributed by atoms with Gasteiger partial charge in [0.25, 0.3) is 0 Å². The fourth-order valence-electron chi connectivity index (χ4n) is 1.91. The fourth-order valence-corrected chi connectivity index (χ4v) is 1.91. The molecule has 2 rings (SSSR count). The molecule has 0 N–H and O–H groups in total. The molecule has 1 heterocycles. The molecule has 0 spiro atoms. The average Bonchev–Trinajstić information content (AvgIpc) is 2.88. The standard InChI is InChI=1S/C14H16N2O2/c1-14(2,13(17)18-3)12-9-10-15-16(12)11-7-5-4-6-8-11/h4-10H,1-3H3. The van der Waals surface area contributed by atoms with Gasteiger partial charge in [-0.25, -0.2) is 4.68 Å². The van der Waals surface area contributed by atoms with E-state index < -0.39 is 5.41 Å². The number of benzene rings is 1. The van der Waals surface area contributed by atoms with Crippen molar-refractivity contribution >= 4 is 5.97 Å². The van der Waals surface area contributed by atoms with E-state index in [1.54, 1.807) is 10.9 Å². The van der Waals surface area contributed by atoms with Crippen LogP contribution in [0.4, 0.5) is 0 Å². The maximum Gasteiger partial charge on any atom is 0.317 e. The van der Waals surface area contributed by atoms with Crippen molar-refractivity contribution in [2.75, 3.05) is 7.11 Å². The zero-order chi connectivity index (χ0) is 13.2. The number of methoxy groups -OCH3 is 1.